The van der Waals surface area contributed by atoms with Gasteiger partial charge in [-0.1, -0.05) is 55.9 Å². The third-order valence-corrected chi connectivity index (χ3v) is 5.16. The van der Waals surface area contributed by atoms with Crippen LogP contribution in [0, 0.1) is 0 Å². The van der Waals surface area contributed by atoms with Gasteiger partial charge in [0.1, 0.15) is 0 Å². The monoisotopic (exact) mass is 367 g/mol. The van der Waals surface area contributed by atoms with Crippen molar-refractivity contribution in [2.45, 2.75) is 24.9 Å². The average molecular weight is 367 g/mol. The van der Waals surface area contributed by atoms with Crippen LogP contribution in [0.2, 0.25) is 0 Å². The lowest BCUT2D eigenvalue weighted by Crippen LogP contribution is -2.21. The minimum absolute atomic E-state index is 0.108. The van der Waals surface area contributed by atoms with E-state index in [0.29, 0.717) is 22.0 Å². The van der Waals surface area contributed by atoms with Crippen molar-refractivity contribution in [1.29, 1.82) is 0 Å². The van der Waals surface area contributed by atoms with Gasteiger partial charge in [-0.25, -0.2) is 4.98 Å². The minimum atomic E-state index is -0.120. The van der Waals surface area contributed by atoms with E-state index >= 15 is 0 Å². The Morgan fingerprint density at radius 1 is 1.15 bits per heavy atom. The maximum Gasteiger partial charge on any atom is 0.261 e. The number of rotatable bonds is 5. The minimum Gasteiger partial charge on any atom is -0.325 e. The second-order valence-corrected chi connectivity index (χ2v) is 7.30. The highest BCUT2D eigenvalue weighted by atomic mass is 32.2. The molecule has 0 atom stereocenters. The van der Waals surface area contributed by atoms with Crippen molar-refractivity contribution < 1.29 is 4.79 Å². The summed E-state index contributed by atoms with van der Waals surface area (Å²) in [6.45, 7) is 4.18. The molecule has 0 fully saturated rings. The number of aromatic nitrogens is 2. The summed E-state index contributed by atoms with van der Waals surface area (Å²) in [6.07, 6.45) is 0. The van der Waals surface area contributed by atoms with Gasteiger partial charge < -0.3 is 5.32 Å². The maximum atomic E-state index is 12.4. The largest absolute Gasteiger partial charge is 0.325 e. The van der Waals surface area contributed by atoms with Crippen LogP contribution in [0.4, 0.5) is 5.69 Å². The molecule has 3 rings (SSSR count). The number of hydrogen-bond donors (Lipinski definition) is 1. The number of carbonyl (C=O) groups is 1. The predicted octanol–water partition coefficient (Wildman–Crippen LogP) is 3.79. The lowest BCUT2D eigenvalue weighted by molar-refractivity contribution is -0.113. The number of fused-ring (bicyclic) bond motifs is 1. The van der Waals surface area contributed by atoms with Crippen LogP contribution in [0.1, 0.15) is 25.3 Å². The molecule has 5 nitrogen and oxygen atoms in total. The quantitative estimate of drug-likeness (QED) is 0.550. The topological polar surface area (TPSA) is 64.0 Å². The molecule has 0 unspecified atom stereocenters. The Kier molecular flexibility index (Phi) is 5.42. The molecule has 3 aromatic rings. The smallest absolute Gasteiger partial charge is 0.261 e. The van der Waals surface area contributed by atoms with Crippen LogP contribution in [0.15, 0.2) is 58.5 Å². The van der Waals surface area contributed by atoms with Gasteiger partial charge in [0.15, 0.2) is 5.16 Å². The Morgan fingerprint density at radius 3 is 2.62 bits per heavy atom. The van der Waals surface area contributed by atoms with Crippen LogP contribution in [0.25, 0.3) is 10.9 Å². The summed E-state index contributed by atoms with van der Waals surface area (Å²) in [5, 5.41) is 4.07. The first-order chi connectivity index (χ1) is 12.5. The summed E-state index contributed by atoms with van der Waals surface area (Å²) >= 11 is 1.26. The lowest BCUT2D eigenvalue weighted by atomic mass is 10.0. The van der Waals surface area contributed by atoms with E-state index in [2.05, 4.69) is 24.1 Å². The van der Waals surface area contributed by atoms with E-state index in [9.17, 15) is 9.59 Å². The van der Waals surface area contributed by atoms with Gasteiger partial charge in [0, 0.05) is 12.7 Å². The van der Waals surface area contributed by atoms with E-state index in [1.807, 2.05) is 36.4 Å². The molecule has 2 aromatic carbocycles. The number of para-hydroxylation sites is 2. The molecule has 0 bridgehead atoms. The van der Waals surface area contributed by atoms with Gasteiger partial charge in [0.25, 0.3) is 5.56 Å². The average Bonchev–Trinajstić information content (AvgIpc) is 2.64. The van der Waals surface area contributed by atoms with Crippen molar-refractivity contribution in [3.8, 4) is 0 Å². The molecule has 0 aliphatic heterocycles. The molecule has 6 heteroatoms. The summed E-state index contributed by atoms with van der Waals surface area (Å²) in [5.41, 5.74) is 2.46. The molecular weight excluding hydrogens is 346 g/mol. The predicted molar refractivity (Wildman–Crippen MR) is 107 cm³/mol. The Hall–Kier alpha value is -2.60. The van der Waals surface area contributed by atoms with E-state index in [1.165, 1.54) is 16.3 Å². The number of benzene rings is 2. The normalized spacial score (nSPS) is 11.1. The van der Waals surface area contributed by atoms with Crippen LogP contribution >= 0.6 is 11.8 Å². The molecule has 1 amide bonds. The van der Waals surface area contributed by atoms with Crippen molar-refractivity contribution >= 4 is 34.3 Å². The van der Waals surface area contributed by atoms with Gasteiger partial charge in [-0.05, 0) is 29.7 Å². The number of amides is 1. The van der Waals surface area contributed by atoms with Crippen LogP contribution in [-0.4, -0.2) is 21.2 Å². The Morgan fingerprint density at radius 2 is 1.85 bits per heavy atom. The lowest BCUT2D eigenvalue weighted by Gasteiger charge is -2.14. The van der Waals surface area contributed by atoms with E-state index in [1.54, 1.807) is 19.2 Å². The highest BCUT2D eigenvalue weighted by Crippen LogP contribution is 2.24. The molecule has 134 valence electrons. The maximum absolute atomic E-state index is 12.4. The Balaban J connectivity index is 1.75. The first kappa shape index (κ1) is 18.2. The fraction of sp³-hybridized carbons (Fsp3) is 0.250. The van der Waals surface area contributed by atoms with Crippen LogP contribution in [0.3, 0.4) is 0 Å². The second-order valence-electron chi connectivity index (χ2n) is 6.35. The molecule has 26 heavy (non-hydrogen) atoms. The summed E-state index contributed by atoms with van der Waals surface area (Å²) in [4.78, 5) is 29.3. The van der Waals surface area contributed by atoms with Crippen molar-refractivity contribution in [2.24, 2.45) is 7.05 Å². The molecule has 0 aliphatic rings. The molecule has 1 heterocycles. The van der Waals surface area contributed by atoms with Crippen molar-refractivity contribution in [2.75, 3.05) is 11.1 Å². The molecule has 1 aromatic heterocycles. The third-order valence-electron chi connectivity index (χ3n) is 4.13. The molecule has 0 radical (unpaired) electrons. The van der Waals surface area contributed by atoms with Crippen molar-refractivity contribution in [1.82, 2.24) is 9.55 Å². The first-order valence-corrected chi connectivity index (χ1v) is 9.43. The number of carbonyl (C=O) groups excluding carboxylic acids is 1. The van der Waals surface area contributed by atoms with Crippen molar-refractivity contribution in [3.63, 3.8) is 0 Å². The van der Waals surface area contributed by atoms with E-state index in [4.69, 9.17) is 0 Å². The van der Waals surface area contributed by atoms with Gasteiger partial charge in [0.05, 0.1) is 16.7 Å². The molecule has 0 aliphatic carbocycles. The molecule has 0 saturated heterocycles. The van der Waals surface area contributed by atoms with E-state index in [0.717, 1.165) is 11.3 Å². The van der Waals surface area contributed by atoms with E-state index < -0.39 is 0 Å². The van der Waals surface area contributed by atoms with Crippen molar-refractivity contribution in [3.05, 3.63) is 64.4 Å². The zero-order chi connectivity index (χ0) is 18.7. The van der Waals surface area contributed by atoms with Crippen LogP contribution in [-0.2, 0) is 11.8 Å². The van der Waals surface area contributed by atoms with Crippen LogP contribution < -0.4 is 10.9 Å². The third kappa shape index (κ3) is 3.80. The van der Waals surface area contributed by atoms with Gasteiger partial charge in [0.2, 0.25) is 5.91 Å². The second kappa shape index (κ2) is 7.74. The number of thioether (sulfide) groups is 1. The Bertz CT molecular complexity index is 1010. The fourth-order valence-corrected chi connectivity index (χ4v) is 3.53. The molecule has 0 spiro atoms. The molecule has 1 N–H and O–H groups in total. The summed E-state index contributed by atoms with van der Waals surface area (Å²) in [6, 6.07) is 15.0. The first-order valence-electron chi connectivity index (χ1n) is 8.44. The summed E-state index contributed by atoms with van der Waals surface area (Å²) < 4.78 is 1.49. The zero-order valence-corrected chi connectivity index (χ0v) is 15.8. The number of nitrogens with zero attached hydrogens (tertiary/aromatic N) is 2. The SMILES string of the molecule is CC(C)c1ccccc1NC(=O)CSc1nc2ccccc2c(=O)n1C. The number of hydrogen-bond acceptors (Lipinski definition) is 4. The van der Waals surface area contributed by atoms with Crippen LogP contribution in [0.5, 0.6) is 0 Å². The number of anilines is 1. The van der Waals surface area contributed by atoms with Gasteiger partial charge in [-0.15, -0.1) is 0 Å². The Labute approximate surface area is 156 Å². The van der Waals surface area contributed by atoms with Gasteiger partial charge in [-0.2, -0.15) is 0 Å². The summed E-state index contributed by atoms with van der Waals surface area (Å²) in [7, 11) is 1.68. The molecule has 0 saturated carbocycles. The highest BCUT2D eigenvalue weighted by molar-refractivity contribution is 7.99. The summed E-state index contributed by atoms with van der Waals surface area (Å²) in [5.74, 6) is 0.387. The zero-order valence-electron chi connectivity index (χ0n) is 15.0. The highest BCUT2D eigenvalue weighted by Gasteiger charge is 2.12. The standard InChI is InChI=1S/C20H21N3O2S/c1-13(2)14-8-4-6-10-16(14)21-18(24)12-26-20-22-17-11-7-5-9-15(17)19(25)23(20)3/h4-11,13H,12H2,1-3H3,(H,21,24). The number of nitrogens with one attached hydrogen (secondary N) is 1. The molecular formula is C20H21N3O2S. The van der Waals surface area contributed by atoms with Gasteiger partial charge >= 0.3 is 0 Å². The van der Waals surface area contributed by atoms with Gasteiger partial charge in [-0.3, -0.25) is 14.2 Å². The fourth-order valence-electron chi connectivity index (χ4n) is 2.76. The van der Waals surface area contributed by atoms with E-state index in [-0.39, 0.29) is 17.2 Å².